The summed E-state index contributed by atoms with van der Waals surface area (Å²) in [4.78, 5) is 2.33. The fourth-order valence-electron chi connectivity index (χ4n) is 2.24. The molecule has 0 radical (unpaired) electrons. The van der Waals surface area contributed by atoms with Gasteiger partial charge >= 0.3 is 0 Å². The fraction of sp³-hybridized carbons (Fsp3) is 0.385. The first-order valence-electron chi connectivity index (χ1n) is 6.36. The average molecular weight is 276 g/mol. The van der Waals surface area contributed by atoms with Gasteiger partial charge in [-0.3, -0.25) is 14.6 Å². The van der Waals surface area contributed by atoms with E-state index in [9.17, 15) is 0 Å². The van der Waals surface area contributed by atoms with Crippen LogP contribution in [0.5, 0.6) is 0 Å². The highest BCUT2D eigenvalue weighted by Crippen LogP contribution is 2.12. The molecule has 6 heteroatoms. The van der Waals surface area contributed by atoms with Gasteiger partial charge in [0.25, 0.3) is 0 Å². The van der Waals surface area contributed by atoms with Crippen molar-refractivity contribution in [2.75, 3.05) is 26.3 Å². The first kappa shape index (κ1) is 12.5. The molecule has 5 nitrogen and oxygen atoms in total. The van der Waals surface area contributed by atoms with Crippen molar-refractivity contribution < 1.29 is 4.74 Å². The summed E-state index contributed by atoms with van der Waals surface area (Å²) in [5.74, 6) is 0.943. The molecule has 3 rings (SSSR count). The third kappa shape index (κ3) is 2.75. The Hall–Kier alpha value is -1.50. The molecule has 1 aliphatic heterocycles. The predicted octanol–water partition coefficient (Wildman–Crippen LogP) is 1.76. The van der Waals surface area contributed by atoms with Crippen molar-refractivity contribution in [2.24, 2.45) is 0 Å². The smallest absolute Gasteiger partial charge is 0.199 e. The largest absolute Gasteiger partial charge is 0.379 e. The van der Waals surface area contributed by atoms with Gasteiger partial charge in [0.1, 0.15) is 5.82 Å². The molecular formula is C13H16N4OS. The van der Waals surface area contributed by atoms with Crippen LogP contribution in [-0.2, 0) is 11.3 Å². The number of hydrogen-bond donors (Lipinski definition) is 1. The molecule has 2 aromatic rings. The van der Waals surface area contributed by atoms with Crippen molar-refractivity contribution in [1.29, 1.82) is 0 Å². The highest BCUT2D eigenvalue weighted by molar-refractivity contribution is 7.71. The second kappa shape index (κ2) is 5.64. The molecule has 0 amide bonds. The Morgan fingerprint density at radius 3 is 2.68 bits per heavy atom. The van der Waals surface area contributed by atoms with E-state index in [1.54, 1.807) is 0 Å². The summed E-state index contributed by atoms with van der Waals surface area (Å²) >= 11 is 5.32. The number of nitrogens with zero attached hydrogens (tertiary/aromatic N) is 3. The number of H-pyrrole nitrogens is 1. The third-order valence-corrected chi connectivity index (χ3v) is 3.50. The number of aromatic nitrogens is 3. The summed E-state index contributed by atoms with van der Waals surface area (Å²) < 4.78 is 7.98. The van der Waals surface area contributed by atoms with Gasteiger partial charge in [-0.2, -0.15) is 5.10 Å². The molecule has 1 N–H and O–H groups in total. The van der Waals surface area contributed by atoms with Crippen LogP contribution in [0.25, 0.3) is 5.69 Å². The lowest BCUT2D eigenvalue weighted by Gasteiger charge is -2.26. The Balaban J connectivity index is 1.88. The summed E-state index contributed by atoms with van der Waals surface area (Å²) in [6.07, 6.45) is 0. The molecule has 1 fully saturated rings. The van der Waals surface area contributed by atoms with Gasteiger partial charge in [-0.15, -0.1) is 0 Å². The van der Waals surface area contributed by atoms with Crippen LogP contribution < -0.4 is 0 Å². The molecule has 0 spiro atoms. The molecule has 1 aromatic heterocycles. The number of morpholine rings is 1. The Bertz CT molecular complexity index is 586. The number of para-hydroxylation sites is 1. The van der Waals surface area contributed by atoms with Crippen LogP contribution in [-0.4, -0.2) is 46.0 Å². The number of benzene rings is 1. The van der Waals surface area contributed by atoms with Crippen LogP contribution in [0.3, 0.4) is 0 Å². The van der Waals surface area contributed by atoms with E-state index >= 15 is 0 Å². The van der Waals surface area contributed by atoms with E-state index in [1.165, 1.54) is 0 Å². The molecule has 2 heterocycles. The summed E-state index contributed by atoms with van der Waals surface area (Å²) in [5, 5.41) is 7.23. The van der Waals surface area contributed by atoms with Crippen LogP contribution in [0, 0.1) is 4.77 Å². The topological polar surface area (TPSA) is 46.1 Å². The van der Waals surface area contributed by atoms with E-state index in [0.717, 1.165) is 44.4 Å². The second-order valence-electron chi connectivity index (χ2n) is 4.50. The van der Waals surface area contributed by atoms with E-state index in [1.807, 2.05) is 34.9 Å². The van der Waals surface area contributed by atoms with Gasteiger partial charge in [0.05, 0.1) is 19.8 Å². The van der Waals surface area contributed by atoms with Gasteiger partial charge in [-0.25, -0.2) is 0 Å². The van der Waals surface area contributed by atoms with Gasteiger partial charge < -0.3 is 4.74 Å². The van der Waals surface area contributed by atoms with Crippen LogP contribution in [0.4, 0.5) is 0 Å². The third-order valence-electron chi connectivity index (χ3n) is 3.22. The van der Waals surface area contributed by atoms with E-state index < -0.39 is 0 Å². The minimum atomic E-state index is 0.634. The van der Waals surface area contributed by atoms with Gasteiger partial charge in [0.15, 0.2) is 4.77 Å². The van der Waals surface area contributed by atoms with Gasteiger partial charge in [0, 0.05) is 18.8 Å². The number of aromatic amines is 1. The summed E-state index contributed by atoms with van der Waals surface area (Å²) in [5.41, 5.74) is 1.05. The number of hydrogen-bond acceptors (Lipinski definition) is 4. The Morgan fingerprint density at radius 2 is 1.95 bits per heavy atom. The molecule has 1 aliphatic rings. The molecule has 0 bridgehead atoms. The maximum atomic E-state index is 5.36. The Morgan fingerprint density at radius 1 is 1.21 bits per heavy atom. The zero-order valence-electron chi connectivity index (χ0n) is 10.6. The van der Waals surface area contributed by atoms with Crippen molar-refractivity contribution in [3.8, 4) is 5.69 Å². The Labute approximate surface area is 116 Å². The first-order valence-corrected chi connectivity index (χ1v) is 6.77. The number of nitrogens with one attached hydrogen (secondary N) is 1. The predicted molar refractivity (Wildman–Crippen MR) is 74.8 cm³/mol. The number of rotatable bonds is 3. The van der Waals surface area contributed by atoms with E-state index in [-0.39, 0.29) is 0 Å². The van der Waals surface area contributed by atoms with E-state index in [4.69, 9.17) is 17.0 Å². The molecule has 1 aromatic carbocycles. The summed E-state index contributed by atoms with van der Waals surface area (Å²) in [6, 6.07) is 10.1. The van der Waals surface area contributed by atoms with Gasteiger partial charge in [-0.1, -0.05) is 18.2 Å². The molecule has 0 unspecified atom stereocenters. The van der Waals surface area contributed by atoms with Crippen molar-refractivity contribution in [3.05, 3.63) is 40.9 Å². The molecule has 0 saturated carbocycles. The fourth-order valence-corrected chi connectivity index (χ4v) is 2.49. The Kier molecular flexibility index (Phi) is 3.72. The quantitative estimate of drug-likeness (QED) is 0.868. The average Bonchev–Trinajstić information content (AvgIpc) is 2.82. The second-order valence-corrected chi connectivity index (χ2v) is 4.89. The van der Waals surface area contributed by atoms with Gasteiger partial charge in [0.2, 0.25) is 0 Å². The molecule has 1 saturated heterocycles. The minimum absolute atomic E-state index is 0.634. The lowest BCUT2D eigenvalue weighted by atomic mass is 10.3. The highest BCUT2D eigenvalue weighted by Gasteiger charge is 2.15. The van der Waals surface area contributed by atoms with Crippen LogP contribution in [0.2, 0.25) is 0 Å². The summed E-state index contributed by atoms with van der Waals surface area (Å²) in [6.45, 7) is 4.24. The standard InChI is InChI=1S/C13H16N4OS/c19-13-15-14-12(10-16-6-8-18-9-7-16)17(13)11-4-2-1-3-5-11/h1-5H,6-10H2,(H,15,19). The van der Waals surface area contributed by atoms with Gasteiger partial charge in [-0.05, 0) is 24.4 Å². The molecule has 100 valence electrons. The van der Waals surface area contributed by atoms with Crippen molar-refractivity contribution in [3.63, 3.8) is 0 Å². The lowest BCUT2D eigenvalue weighted by molar-refractivity contribution is 0.0328. The first-order chi connectivity index (χ1) is 9.34. The van der Waals surface area contributed by atoms with E-state index in [2.05, 4.69) is 15.1 Å². The molecule has 19 heavy (non-hydrogen) atoms. The maximum absolute atomic E-state index is 5.36. The maximum Gasteiger partial charge on any atom is 0.199 e. The van der Waals surface area contributed by atoms with Crippen LogP contribution in [0.15, 0.2) is 30.3 Å². The number of ether oxygens (including phenoxy) is 1. The van der Waals surface area contributed by atoms with Crippen molar-refractivity contribution >= 4 is 12.2 Å². The molecule has 0 aliphatic carbocycles. The SMILES string of the molecule is S=c1[nH]nc(CN2CCOCC2)n1-c1ccccc1. The van der Waals surface area contributed by atoms with Crippen LogP contribution in [0.1, 0.15) is 5.82 Å². The zero-order chi connectivity index (χ0) is 13.1. The zero-order valence-corrected chi connectivity index (χ0v) is 11.4. The summed E-state index contributed by atoms with van der Waals surface area (Å²) in [7, 11) is 0. The normalized spacial score (nSPS) is 16.6. The van der Waals surface area contributed by atoms with Crippen LogP contribution >= 0.6 is 12.2 Å². The highest BCUT2D eigenvalue weighted by atomic mass is 32.1. The van der Waals surface area contributed by atoms with Crippen molar-refractivity contribution in [2.45, 2.75) is 6.54 Å². The minimum Gasteiger partial charge on any atom is -0.379 e. The molecular weight excluding hydrogens is 260 g/mol. The molecule has 0 atom stereocenters. The monoisotopic (exact) mass is 276 g/mol. The lowest BCUT2D eigenvalue weighted by Crippen LogP contribution is -2.36. The van der Waals surface area contributed by atoms with Crippen molar-refractivity contribution in [1.82, 2.24) is 19.7 Å². The van der Waals surface area contributed by atoms with E-state index in [0.29, 0.717) is 4.77 Å².